The molecule has 1 unspecified atom stereocenters. The van der Waals surface area contributed by atoms with Gasteiger partial charge in [-0.2, -0.15) is 0 Å². The van der Waals surface area contributed by atoms with Gasteiger partial charge in [-0.05, 0) is 6.42 Å². The molecule has 2 amide bonds. The molecule has 14 heavy (non-hydrogen) atoms. The monoisotopic (exact) mass is 202 g/mol. The molecule has 0 aromatic heterocycles. The lowest BCUT2D eigenvalue weighted by molar-refractivity contribution is -0.126. The minimum atomic E-state index is -0.737. The van der Waals surface area contributed by atoms with Crippen molar-refractivity contribution >= 4 is 17.6 Å². The van der Waals surface area contributed by atoms with E-state index in [-0.39, 0.29) is 12.4 Å². The largest absolute Gasteiger partial charge is 0.409 e. The number of nitrogens with one attached hydrogen (secondary N) is 1. The number of nitrogens with zero attached hydrogens (tertiary/aromatic N) is 1. The van der Waals surface area contributed by atoms with E-state index in [0.717, 1.165) is 0 Å². The van der Waals surface area contributed by atoms with Crippen LogP contribution in [0.1, 0.15) is 13.3 Å². The summed E-state index contributed by atoms with van der Waals surface area (Å²) in [6.07, 6.45) is 0.375. The van der Waals surface area contributed by atoms with Gasteiger partial charge in [0.15, 0.2) is 5.84 Å². The molecule has 0 saturated carbocycles. The summed E-state index contributed by atoms with van der Waals surface area (Å²) >= 11 is 0. The Bertz CT molecular complexity index is 251. The molecule has 7 nitrogen and oxygen atoms in total. The van der Waals surface area contributed by atoms with E-state index in [9.17, 15) is 9.59 Å². The second-order valence-electron chi connectivity index (χ2n) is 2.67. The Morgan fingerprint density at radius 2 is 2.07 bits per heavy atom. The average molecular weight is 202 g/mol. The predicted octanol–water partition coefficient (Wildman–Crippen LogP) is -1.64. The fourth-order valence-corrected chi connectivity index (χ4v) is 0.896. The van der Waals surface area contributed by atoms with Crippen molar-refractivity contribution in [1.29, 1.82) is 0 Å². The summed E-state index contributed by atoms with van der Waals surface area (Å²) in [6.45, 7) is 1.45. The molecule has 0 aliphatic carbocycles. The van der Waals surface area contributed by atoms with E-state index < -0.39 is 17.7 Å². The number of hydrogen-bond donors (Lipinski definition) is 4. The first-order valence-corrected chi connectivity index (χ1v) is 4.06. The summed E-state index contributed by atoms with van der Waals surface area (Å²) in [7, 11) is 0. The third-order valence-electron chi connectivity index (χ3n) is 1.63. The number of amidine groups is 1. The van der Waals surface area contributed by atoms with Gasteiger partial charge in [0.1, 0.15) is 0 Å². The Kier molecular flexibility index (Phi) is 5.05. The summed E-state index contributed by atoms with van der Waals surface area (Å²) in [6, 6.07) is 0. The van der Waals surface area contributed by atoms with E-state index in [0.29, 0.717) is 6.42 Å². The van der Waals surface area contributed by atoms with Crippen LogP contribution in [-0.4, -0.2) is 29.4 Å². The van der Waals surface area contributed by atoms with Gasteiger partial charge in [-0.1, -0.05) is 12.1 Å². The van der Waals surface area contributed by atoms with Crippen LogP contribution in [0.25, 0.3) is 0 Å². The van der Waals surface area contributed by atoms with Crippen molar-refractivity contribution in [3.63, 3.8) is 0 Å². The van der Waals surface area contributed by atoms with Gasteiger partial charge in [0, 0.05) is 0 Å². The van der Waals surface area contributed by atoms with E-state index in [4.69, 9.17) is 16.7 Å². The first kappa shape index (κ1) is 12.2. The standard InChI is InChI=1S/C7H14N4O3/c1-2-4(6(9)11-14)7(13)10-3-5(8)12/h4,14H,2-3H2,1H3,(H2,8,12)(H2,9,11)(H,10,13). The molecule has 0 aromatic carbocycles. The third kappa shape index (κ3) is 3.74. The molecule has 0 bridgehead atoms. The molecule has 7 heteroatoms. The summed E-state index contributed by atoms with van der Waals surface area (Å²) in [5, 5.41) is 13.3. The molecule has 1 atom stereocenters. The molecule has 0 spiro atoms. The van der Waals surface area contributed by atoms with Gasteiger partial charge in [-0.3, -0.25) is 9.59 Å². The smallest absolute Gasteiger partial charge is 0.236 e. The van der Waals surface area contributed by atoms with Crippen LogP contribution in [0, 0.1) is 5.92 Å². The SMILES string of the molecule is CCC(C(=O)NCC(N)=O)C(N)=NO. The minimum absolute atomic E-state index is 0.186. The minimum Gasteiger partial charge on any atom is -0.409 e. The third-order valence-corrected chi connectivity index (χ3v) is 1.63. The maximum Gasteiger partial charge on any atom is 0.236 e. The summed E-state index contributed by atoms with van der Waals surface area (Å²) in [4.78, 5) is 21.6. The van der Waals surface area contributed by atoms with Crippen LogP contribution < -0.4 is 16.8 Å². The zero-order chi connectivity index (χ0) is 11.1. The van der Waals surface area contributed by atoms with Crippen LogP contribution in [0.2, 0.25) is 0 Å². The first-order chi connectivity index (χ1) is 6.52. The van der Waals surface area contributed by atoms with E-state index in [1.807, 2.05) is 0 Å². The van der Waals surface area contributed by atoms with E-state index in [1.165, 1.54) is 0 Å². The van der Waals surface area contributed by atoms with Crippen molar-refractivity contribution < 1.29 is 14.8 Å². The summed E-state index contributed by atoms with van der Waals surface area (Å²) < 4.78 is 0. The quantitative estimate of drug-likeness (QED) is 0.184. The molecule has 0 aliphatic rings. The highest BCUT2D eigenvalue weighted by atomic mass is 16.4. The number of carbonyl (C=O) groups is 2. The van der Waals surface area contributed by atoms with Crippen LogP contribution in [0.5, 0.6) is 0 Å². The van der Waals surface area contributed by atoms with Crippen molar-refractivity contribution in [2.24, 2.45) is 22.5 Å². The molecule has 0 heterocycles. The van der Waals surface area contributed by atoms with Crippen molar-refractivity contribution in [3.05, 3.63) is 0 Å². The second-order valence-corrected chi connectivity index (χ2v) is 2.67. The van der Waals surface area contributed by atoms with Crippen molar-refractivity contribution in [3.8, 4) is 0 Å². The molecule has 0 rings (SSSR count). The number of hydrogen-bond acceptors (Lipinski definition) is 4. The zero-order valence-corrected chi connectivity index (χ0v) is 7.86. The molecule has 0 aliphatic heterocycles. The van der Waals surface area contributed by atoms with Gasteiger partial charge in [0.2, 0.25) is 11.8 Å². The van der Waals surface area contributed by atoms with Gasteiger partial charge >= 0.3 is 0 Å². The van der Waals surface area contributed by atoms with Crippen LogP contribution in [0.4, 0.5) is 0 Å². The van der Waals surface area contributed by atoms with E-state index in [1.54, 1.807) is 6.92 Å². The topological polar surface area (TPSA) is 131 Å². The van der Waals surface area contributed by atoms with Crippen LogP contribution in [0.15, 0.2) is 5.16 Å². The highest BCUT2D eigenvalue weighted by Crippen LogP contribution is 2.02. The molecule has 0 fully saturated rings. The summed E-state index contributed by atoms with van der Waals surface area (Å²) in [5.74, 6) is -2.05. The lowest BCUT2D eigenvalue weighted by Crippen LogP contribution is -2.41. The Morgan fingerprint density at radius 3 is 2.43 bits per heavy atom. The highest BCUT2D eigenvalue weighted by Gasteiger charge is 2.20. The van der Waals surface area contributed by atoms with Crippen LogP contribution >= 0.6 is 0 Å². The molecule has 0 aromatic rings. The first-order valence-electron chi connectivity index (χ1n) is 4.06. The number of amides is 2. The average Bonchev–Trinajstić information content (AvgIpc) is 2.15. The molecular weight excluding hydrogens is 188 g/mol. The lowest BCUT2D eigenvalue weighted by atomic mass is 10.1. The van der Waals surface area contributed by atoms with Gasteiger partial charge in [-0.25, -0.2) is 0 Å². The Morgan fingerprint density at radius 1 is 1.50 bits per heavy atom. The van der Waals surface area contributed by atoms with Crippen LogP contribution in [0.3, 0.4) is 0 Å². The second kappa shape index (κ2) is 5.79. The van der Waals surface area contributed by atoms with E-state index in [2.05, 4.69) is 10.5 Å². The number of oxime groups is 1. The van der Waals surface area contributed by atoms with Gasteiger partial charge in [0.05, 0.1) is 12.5 Å². The Hall–Kier alpha value is -1.79. The molecule has 0 radical (unpaired) electrons. The van der Waals surface area contributed by atoms with Crippen LogP contribution in [-0.2, 0) is 9.59 Å². The van der Waals surface area contributed by atoms with Crippen molar-refractivity contribution in [2.75, 3.05) is 6.54 Å². The van der Waals surface area contributed by atoms with Crippen molar-refractivity contribution in [2.45, 2.75) is 13.3 Å². The Balaban J connectivity index is 4.25. The number of carbonyl (C=O) groups excluding carboxylic acids is 2. The fraction of sp³-hybridized carbons (Fsp3) is 0.571. The number of rotatable bonds is 5. The highest BCUT2D eigenvalue weighted by molar-refractivity contribution is 6.02. The van der Waals surface area contributed by atoms with Gasteiger partial charge in [0.25, 0.3) is 0 Å². The van der Waals surface area contributed by atoms with Gasteiger partial charge in [-0.15, -0.1) is 0 Å². The number of primary amides is 1. The maximum atomic E-state index is 11.3. The molecular formula is C7H14N4O3. The van der Waals surface area contributed by atoms with Crippen molar-refractivity contribution in [1.82, 2.24) is 5.32 Å². The van der Waals surface area contributed by atoms with E-state index >= 15 is 0 Å². The molecule has 0 saturated heterocycles. The maximum absolute atomic E-state index is 11.3. The Labute approximate surface area is 81.1 Å². The molecule has 80 valence electrons. The fourth-order valence-electron chi connectivity index (χ4n) is 0.896. The van der Waals surface area contributed by atoms with Gasteiger partial charge < -0.3 is 22.0 Å². The number of nitrogens with two attached hydrogens (primary N) is 2. The molecule has 6 N–H and O–H groups in total. The predicted molar refractivity (Wildman–Crippen MR) is 49.4 cm³/mol. The summed E-state index contributed by atoms with van der Waals surface area (Å²) in [5.41, 5.74) is 10.1. The normalized spacial score (nSPS) is 13.4. The zero-order valence-electron chi connectivity index (χ0n) is 7.86. The lowest BCUT2D eigenvalue weighted by Gasteiger charge is -2.11.